The van der Waals surface area contributed by atoms with Crippen LogP contribution in [0.5, 0.6) is 0 Å². The highest BCUT2D eigenvalue weighted by molar-refractivity contribution is 8.00. The number of nitro benzene ring substituents is 1. The summed E-state index contributed by atoms with van der Waals surface area (Å²) < 4.78 is 6.64. The number of ether oxygens (including phenoxy) is 1. The first-order valence-corrected chi connectivity index (χ1v) is 12.0. The Balaban J connectivity index is 1.52. The molecule has 15 heteroatoms. The smallest absolute Gasteiger partial charge is 0.330 e. The molecule has 0 aliphatic carbocycles. The van der Waals surface area contributed by atoms with E-state index < -0.39 is 33.5 Å². The quantitative estimate of drug-likeness (QED) is 0.122. The third-order valence-electron chi connectivity index (χ3n) is 5.65. The van der Waals surface area contributed by atoms with Crippen molar-refractivity contribution in [3.8, 4) is 0 Å². The first-order valence-electron chi connectivity index (χ1n) is 10.00. The normalized spacial score (nSPS) is 23.7. The van der Waals surface area contributed by atoms with Crippen LogP contribution in [0.3, 0.4) is 0 Å². The molecule has 1 amide bonds. The van der Waals surface area contributed by atoms with Crippen molar-refractivity contribution in [3.05, 3.63) is 60.7 Å². The molecule has 2 aromatic rings. The van der Waals surface area contributed by atoms with Gasteiger partial charge in [0.25, 0.3) is 5.69 Å². The van der Waals surface area contributed by atoms with Crippen molar-refractivity contribution in [2.45, 2.75) is 23.2 Å². The molecule has 3 heterocycles. The monoisotopic (exact) mass is 508 g/mol. The second-order valence-corrected chi connectivity index (χ2v) is 10.0. The summed E-state index contributed by atoms with van der Waals surface area (Å²) in [5.41, 5.74) is 3.57. The van der Waals surface area contributed by atoms with Gasteiger partial charge in [-0.1, -0.05) is 11.8 Å². The topological polar surface area (TPSA) is 184 Å². The number of benzene rings is 1. The van der Waals surface area contributed by atoms with Gasteiger partial charge >= 0.3 is 17.1 Å². The van der Waals surface area contributed by atoms with Crippen LogP contribution in [-0.2, 0) is 28.0 Å². The Hall–Kier alpha value is -3.17. The van der Waals surface area contributed by atoms with Crippen molar-refractivity contribution in [1.82, 2.24) is 19.7 Å². The van der Waals surface area contributed by atoms with E-state index in [0.29, 0.717) is 11.3 Å². The van der Waals surface area contributed by atoms with Crippen LogP contribution < -0.4 is 16.9 Å². The Morgan fingerprint density at radius 3 is 2.76 bits per heavy atom. The molecule has 2 saturated heterocycles. The Morgan fingerprint density at radius 2 is 2.09 bits per heavy atom. The van der Waals surface area contributed by atoms with Crippen molar-refractivity contribution in [2.24, 2.45) is 18.2 Å². The zero-order chi connectivity index (χ0) is 24.6. The van der Waals surface area contributed by atoms with E-state index in [2.05, 4.69) is 10.2 Å². The summed E-state index contributed by atoms with van der Waals surface area (Å²) in [7, 11) is 1.40. The van der Waals surface area contributed by atoms with Gasteiger partial charge in [0.2, 0.25) is 5.91 Å². The Kier molecular flexibility index (Phi) is 6.51. The van der Waals surface area contributed by atoms with Crippen LogP contribution >= 0.6 is 23.5 Å². The van der Waals surface area contributed by atoms with Gasteiger partial charge in [-0.3, -0.25) is 33.9 Å². The molecule has 2 unspecified atom stereocenters. The number of nitro groups is 1. The number of fused-ring (bicyclic) bond motifs is 1. The lowest BCUT2D eigenvalue weighted by Gasteiger charge is -2.53. The van der Waals surface area contributed by atoms with Crippen molar-refractivity contribution in [3.63, 3.8) is 0 Å². The molecular weight excluding hydrogens is 488 g/mol. The van der Waals surface area contributed by atoms with Gasteiger partial charge < -0.3 is 15.4 Å². The molecule has 0 bridgehead atoms. The van der Waals surface area contributed by atoms with Crippen LogP contribution in [0, 0.1) is 15.5 Å². The fourth-order valence-corrected chi connectivity index (χ4v) is 6.32. The first-order chi connectivity index (χ1) is 16.1. The van der Waals surface area contributed by atoms with Gasteiger partial charge in [0.05, 0.1) is 4.92 Å². The van der Waals surface area contributed by atoms with E-state index in [1.54, 1.807) is 0 Å². The highest BCUT2D eigenvalue weighted by Crippen LogP contribution is 2.44. The lowest BCUT2D eigenvalue weighted by molar-refractivity contribution is -0.384. The summed E-state index contributed by atoms with van der Waals surface area (Å²) in [4.78, 5) is 60.8. The zero-order valence-electron chi connectivity index (χ0n) is 17.8. The van der Waals surface area contributed by atoms with Gasteiger partial charge in [0, 0.05) is 37.2 Å². The number of nitrogens with one attached hydrogen (secondary N) is 1. The van der Waals surface area contributed by atoms with Gasteiger partial charge in [-0.15, -0.1) is 16.9 Å². The number of aromatic nitrogens is 3. The fourth-order valence-electron chi connectivity index (χ4n) is 3.61. The summed E-state index contributed by atoms with van der Waals surface area (Å²) >= 11 is 2.46. The minimum Gasteiger partial charge on any atom is -0.460 e. The van der Waals surface area contributed by atoms with Gasteiger partial charge in [0.15, 0.2) is 5.16 Å². The summed E-state index contributed by atoms with van der Waals surface area (Å²) in [5, 5.41) is 16.8. The van der Waals surface area contributed by atoms with Crippen molar-refractivity contribution >= 4 is 41.1 Å². The zero-order valence-corrected chi connectivity index (χ0v) is 19.5. The molecule has 2 fully saturated rings. The number of thioether (sulfide) groups is 2. The maximum Gasteiger partial charge on any atom is 0.330 e. The Labute approximate surface area is 200 Å². The van der Waals surface area contributed by atoms with Gasteiger partial charge in [0.1, 0.15) is 23.4 Å². The van der Waals surface area contributed by atoms with E-state index in [9.17, 15) is 29.3 Å². The molecule has 3 atom stereocenters. The van der Waals surface area contributed by atoms with Crippen LogP contribution in [0.25, 0.3) is 0 Å². The van der Waals surface area contributed by atoms with E-state index in [0.717, 1.165) is 16.3 Å². The largest absolute Gasteiger partial charge is 0.460 e. The van der Waals surface area contributed by atoms with E-state index in [-0.39, 0.29) is 41.0 Å². The number of nitrogens with zero attached hydrogens (tertiary/aromatic N) is 4. The molecule has 34 heavy (non-hydrogen) atoms. The lowest BCUT2D eigenvalue weighted by atomic mass is 9.89. The first kappa shape index (κ1) is 24.0. The van der Waals surface area contributed by atoms with Crippen molar-refractivity contribution in [1.29, 1.82) is 0 Å². The van der Waals surface area contributed by atoms with Gasteiger partial charge in [-0.2, -0.15) is 0 Å². The number of carbonyl (C=O) groups is 2. The molecule has 0 spiro atoms. The number of amides is 1. The molecule has 4 rings (SSSR count). The molecule has 2 aliphatic heterocycles. The van der Waals surface area contributed by atoms with E-state index >= 15 is 0 Å². The third kappa shape index (κ3) is 4.33. The van der Waals surface area contributed by atoms with Crippen LogP contribution in [0.15, 0.2) is 39.0 Å². The number of rotatable bonds is 7. The number of aromatic amines is 1. The fraction of sp³-hybridized carbons (Fsp3) is 0.421. The van der Waals surface area contributed by atoms with Crippen molar-refractivity contribution in [2.75, 3.05) is 18.1 Å². The van der Waals surface area contributed by atoms with Crippen LogP contribution in [0.4, 0.5) is 5.69 Å². The average molecular weight is 509 g/mol. The summed E-state index contributed by atoms with van der Waals surface area (Å²) in [6, 6.07) is 5.01. The second kappa shape index (κ2) is 9.23. The molecule has 0 radical (unpaired) electrons. The molecule has 13 nitrogen and oxygen atoms in total. The van der Waals surface area contributed by atoms with E-state index in [1.807, 2.05) is 0 Å². The number of nitrogens with two attached hydrogens (primary N) is 1. The third-order valence-corrected chi connectivity index (χ3v) is 8.58. The summed E-state index contributed by atoms with van der Waals surface area (Å²) in [5.74, 6) is -0.383. The predicted octanol–water partition coefficient (Wildman–Crippen LogP) is -0.559. The maximum absolute atomic E-state index is 13.3. The Bertz CT molecular complexity index is 1260. The standard InChI is InChI=1S/C19H20N6O7S2/c1-23-15(28)13(26)21-22-18(23)34-9-19(7-24-14(27)12(20)16(24)33-8-19)17(29)32-6-10-2-4-11(5-3-10)25(30)31/h2-5,12,16H,6-9,20H2,1H3,(H,21,26)/t12?,16-,19?/m1/s1. The molecule has 180 valence electrons. The SMILES string of the molecule is Cn1c(SCC2(C(=O)OCc3ccc([N+](=O)[O-])cc3)CS[C@@H]3C(N)C(=O)N3C2)n[nH]c(=O)c1=O. The van der Waals surface area contributed by atoms with Crippen LogP contribution in [-0.4, -0.2) is 65.9 Å². The molecule has 1 aromatic carbocycles. The van der Waals surface area contributed by atoms with Gasteiger partial charge in [-0.25, -0.2) is 5.10 Å². The minimum atomic E-state index is -1.13. The highest BCUT2D eigenvalue weighted by atomic mass is 32.2. The van der Waals surface area contributed by atoms with Gasteiger partial charge in [-0.05, 0) is 17.7 Å². The number of esters is 1. The number of hydrogen-bond donors (Lipinski definition) is 2. The Morgan fingerprint density at radius 1 is 1.38 bits per heavy atom. The van der Waals surface area contributed by atoms with E-state index in [4.69, 9.17) is 10.5 Å². The molecular formula is C19H20N6O7S2. The molecule has 3 N–H and O–H groups in total. The molecule has 2 aliphatic rings. The number of H-pyrrole nitrogens is 1. The predicted molar refractivity (Wildman–Crippen MR) is 122 cm³/mol. The summed E-state index contributed by atoms with van der Waals surface area (Å²) in [6.45, 7) is -0.0270. The van der Waals surface area contributed by atoms with Crippen molar-refractivity contribution < 1.29 is 19.2 Å². The second-order valence-electron chi connectivity index (χ2n) is 7.96. The number of β-lactam (4-membered cyclic amide) rings is 1. The maximum atomic E-state index is 13.3. The molecule has 0 saturated carbocycles. The number of carbonyl (C=O) groups excluding carboxylic acids is 2. The van der Waals surface area contributed by atoms with Crippen LogP contribution in [0.2, 0.25) is 0 Å². The number of hydrogen-bond acceptors (Lipinski definition) is 11. The van der Waals surface area contributed by atoms with E-state index in [1.165, 1.54) is 48.0 Å². The summed E-state index contributed by atoms with van der Waals surface area (Å²) in [6.07, 6.45) is 0. The van der Waals surface area contributed by atoms with Crippen LogP contribution in [0.1, 0.15) is 5.56 Å². The molecule has 1 aromatic heterocycles. The minimum absolute atomic E-state index is 0.0793. The highest BCUT2D eigenvalue weighted by Gasteiger charge is 2.56. The lowest BCUT2D eigenvalue weighted by Crippen LogP contribution is -2.72. The average Bonchev–Trinajstić information content (AvgIpc) is 2.84. The number of non-ortho nitro benzene ring substituents is 1.